The van der Waals surface area contributed by atoms with Gasteiger partial charge in [-0.2, -0.15) is 5.26 Å². The summed E-state index contributed by atoms with van der Waals surface area (Å²) in [5, 5.41) is 9.05. The summed E-state index contributed by atoms with van der Waals surface area (Å²) in [6.07, 6.45) is 7.36. The largest absolute Gasteiger partial charge is 0.376 e. The van der Waals surface area contributed by atoms with Gasteiger partial charge in [0.05, 0.1) is 11.7 Å². The lowest BCUT2D eigenvalue weighted by Crippen LogP contribution is -2.53. The van der Waals surface area contributed by atoms with E-state index in [-0.39, 0.29) is 23.3 Å². The molecule has 1 aromatic rings. The molecule has 28 heavy (non-hydrogen) atoms. The van der Waals surface area contributed by atoms with Crippen LogP contribution in [0.1, 0.15) is 54.6 Å². The Morgan fingerprint density at radius 1 is 1.36 bits per heavy atom. The molecule has 3 fully saturated rings. The van der Waals surface area contributed by atoms with Crippen LogP contribution >= 0.6 is 0 Å². The summed E-state index contributed by atoms with van der Waals surface area (Å²) in [5.74, 6) is 0.231. The smallest absolute Gasteiger partial charge is 0.270 e. The molecule has 0 bridgehead atoms. The minimum absolute atomic E-state index is 0.0121. The van der Waals surface area contributed by atoms with Gasteiger partial charge in [0.1, 0.15) is 11.8 Å². The fourth-order valence-electron chi connectivity index (χ4n) is 4.90. The molecule has 0 unspecified atom stereocenters. The average molecular weight is 384 g/mol. The van der Waals surface area contributed by atoms with Crippen molar-refractivity contribution in [1.82, 2.24) is 14.4 Å². The number of nitrogens with zero attached hydrogens (tertiary/aromatic N) is 4. The molecule has 4 heterocycles. The summed E-state index contributed by atoms with van der Waals surface area (Å²) in [7, 11) is 1.80. The predicted octanol–water partition coefficient (Wildman–Crippen LogP) is 1.92. The summed E-state index contributed by atoms with van der Waals surface area (Å²) < 4.78 is 7.46. The quantitative estimate of drug-likeness (QED) is 0.798. The van der Waals surface area contributed by atoms with Crippen LogP contribution in [-0.4, -0.2) is 65.1 Å². The topological polar surface area (TPSA) is 78.6 Å². The van der Waals surface area contributed by atoms with Crippen LogP contribution in [0.3, 0.4) is 0 Å². The van der Waals surface area contributed by atoms with Crippen molar-refractivity contribution in [3.8, 4) is 6.07 Å². The van der Waals surface area contributed by atoms with Crippen molar-refractivity contribution >= 4 is 11.8 Å². The Bertz CT molecular complexity index is 795. The Balaban J connectivity index is 1.38. The van der Waals surface area contributed by atoms with E-state index in [4.69, 9.17) is 10.00 Å². The highest BCUT2D eigenvalue weighted by molar-refractivity contribution is 5.93. The van der Waals surface area contributed by atoms with Crippen molar-refractivity contribution in [3.05, 3.63) is 23.5 Å². The summed E-state index contributed by atoms with van der Waals surface area (Å²) in [5.41, 5.74) is 1.19. The first-order valence-electron chi connectivity index (χ1n) is 10.2. The number of carbonyl (C=O) groups excluding carboxylic acids is 2. The van der Waals surface area contributed by atoms with E-state index in [0.29, 0.717) is 37.3 Å². The molecule has 0 saturated carbocycles. The maximum Gasteiger partial charge on any atom is 0.270 e. The van der Waals surface area contributed by atoms with Crippen molar-refractivity contribution < 1.29 is 14.3 Å². The highest BCUT2D eigenvalue weighted by Crippen LogP contribution is 2.40. The van der Waals surface area contributed by atoms with Gasteiger partial charge < -0.3 is 19.1 Å². The zero-order valence-electron chi connectivity index (χ0n) is 16.5. The fraction of sp³-hybridized carbons (Fsp3) is 0.667. The molecule has 2 amide bonds. The SMILES string of the molecule is Cn1cc(C#N)cc1C(=O)N1CCC2(CCC(=O)N(C[C@@H]3CCCO3)C2)CC1. The Morgan fingerprint density at radius 3 is 2.79 bits per heavy atom. The first kappa shape index (κ1) is 19.0. The van der Waals surface area contributed by atoms with Crippen molar-refractivity contribution in [2.45, 2.75) is 44.6 Å². The number of carbonyl (C=O) groups is 2. The van der Waals surface area contributed by atoms with Gasteiger partial charge in [-0.1, -0.05) is 0 Å². The molecular formula is C21H28N4O3. The molecule has 0 N–H and O–H groups in total. The first-order valence-corrected chi connectivity index (χ1v) is 10.2. The minimum atomic E-state index is -0.0121. The van der Waals surface area contributed by atoms with Crippen molar-refractivity contribution in [2.24, 2.45) is 12.5 Å². The number of aryl methyl sites for hydroxylation is 1. The molecule has 150 valence electrons. The second-order valence-corrected chi connectivity index (χ2v) is 8.54. The van der Waals surface area contributed by atoms with Gasteiger partial charge in [0.15, 0.2) is 0 Å². The van der Waals surface area contributed by atoms with Gasteiger partial charge in [-0.25, -0.2) is 0 Å². The monoisotopic (exact) mass is 384 g/mol. The Hall–Kier alpha value is -2.33. The first-order chi connectivity index (χ1) is 13.5. The van der Waals surface area contributed by atoms with Crippen LogP contribution in [0.2, 0.25) is 0 Å². The van der Waals surface area contributed by atoms with E-state index in [2.05, 4.69) is 6.07 Å². The van der Waals surface area contributed by atoms with Crippen molar-refractivity contribution in [3.63, 3.8) is 0 Å². The third-order valence-electron chi connectivity index (χ3n) is 6.66. The predicted molar refractivity (Wildman–Crippen MR) is 102 cm³/mol. The van der Waals surface area contributed by atoms with E-state index in [1.165, 1.54) is 0 Å². The number of hydrogen-bond donors (Lipinski definition) is 0. The zero-order valence-corrected chi connectivity index (χ0v) is 16.5. The van der Waals surface area contributed by atoms with Gasteiger partial charge in [0.2, 0.25) is 5.91 Å². The van der Waals surface area contributed by atoms with Crippen LogP contribution in [0.15, 0.2) is 12.3 Å². The zero-order chi connectivity index (χ0) is 19.7. The van der Waals surface area contributed by atoms with Crippen LogP contribution in [0.4, 0.5) is 0 Å². The van der Waals surface area contributed by atoms with E-state index in [1.54, 1.807) is 23.9 Å². The maximum absolute atomic E-state index is 12.9. The molecule has 7 heteroatoms. The standard InChI is InChI=1S/C21H28N4O3/c1-23-13-16(12-22)11-18(23)20(27)24-8-6-21(7-9-24)5-4-19(26)25(15-21)14-17-3-2-10-28-17/h11,13,17H,2-10,14-15H2,1H3/t17-/m0/s1. The summed E-state index contributed by atoms with van der Waals surface area (Å²) >= 11 is 0. The highest BCUT2D eigenvalue weighted by atomic mass is 16.5. The lowest BCUT2D eigenvalue weighted by atomic mass is 9.72. The summed E-state index contributed by atoms with van der Waals surface area (Å²) in [6, 6.07) is 3.75. The van der Waals surface area contributed by atoms with Gasteiger partial charge in [-0.3, -0.25) is 9.59 Å². The molecule has 0 aliphatic carbocycles. The van der Waals surface area contributed by atoms with Gasteiger partial charge in [0.25, 0.3) is 5.91 Å². The van der Waals surface area contributed by atoms with Crippen molar-refractivity contribution in [2.75, 3.05) is 32.8 Å². The Morgan fingerprint density at radius 2 is 2.14 bits per heavy atom. The molecule has 3 aliphatic rings. The van der Waals surface area contributed by atoms with E-state index >= 15 is 0 Å². The second kappa shape index (κ2) is 7.59. The van der Waals surface area contributed by atoms with E-state index in [0.717, 1.165) is 45.3 Å². The summed E-state index contributed by atoms with van der Waals surface area (Å²) in [6.45, 7) is 3.71. The summed E-state index contributed by atoms with van der Waals surface area (Å²) in [4.78, 5) is 29.2. The molecule has 4 rings (SSSR count). The van der Waals surface area contributed by atoms with Crippen LogP contribution in [0.5, 0.6) is 0 Å². The van der Waals surface area contributed by atoms with Crippen molar-refractivity contribution in [1.29, 1.82) is 5.26 Å². The van der Waals surface area contributed by atoms with Gasteiger partial charge >= 0.3 is 0 Å². The number of likely N-dealkylation sites (tertiary alicyclic amines) is 2. The molecule has 0 aromatic carbocycles. The van der Waals surface area contributed by atoms with E-state index in [1.807, 2.05) is 9.80 Å². The number of rotatable bonds is 3. The van der Waals surface area contributed by atoms with Gasteiger partial charge in [0, 0.05) is 52.5 Å². The lowest BCUT2D eigenvalue weighted by molar-refractivity contribution is -0.141. The number of ether oxygens (including phenoxy) is 1. The second-order valence-electron chi connectivity index (χ2n) is 8.54. The molecular weight excluding hydrogens is 356 g/mol. The average Bonchev–Trinajstić information content (AvgIpc) is 3.34. The third kappa shape index (κ3) is 3.66. The molecule has 3 saturated heterocycles. The lowest BCUT2D eigenvalue weighted by Gasteiger charge is -2.47. The normalized spacial score (nSPS) is 24.6. The third-order valence-corrected chi connectivity index (χ3v) is 6.66. The van der Waals surface area contributed by atoms with Crippen LogP contribution in [-0.2, 0) is 16.6 Å². The molecule has 7 nitrogen and oxygen atoms in total. The Labute approximate surface area is 165 Å². The van der Waals surface area contributed by atoms with Crippen LogP contribution in [0, 0.1) is 16.7 Å². The Kier molecular flexibility index (Phi) is 5.15. The highest BCUT2D eigenvalue weighted by Gasteiger charge is 2.42. The minimum Gasteiger partial charge on any atom is -0.376 e. The number of piperidine rings is 2. The van der Waals surface area contributed by atoms with Gasteiger partial charge in [-0.05, 0) is 43.6 Å². The van der Waals surface area contributed by atoms with Gasteiger partial charge in [-0.15, -0.1) is 0 Å². The molecule has 1 spiro atoms. The maximum atomic E-state index is 12.9. The van der Waals surface area contributed by atoms with Crippen LogP contribution in [0.25, 0.3) is 0 Å². The van der Waals surface area contributed by atoms with E-state index in [9.17, 15) is 9.59 Å². The molecule has 1 atom stereocenters. The number of amides is 2. The molecule has 3 aliphatic heterocycles. The fourth-order valence-corrected chi connectivity index (χ4v) is 4.90. The van der Waals surface area contributed by atoms with Crippen LogP contribution < -0.4 is 0 Å². The number of aromatic nitrogens is 1. The molecule has 0 radical (unpaired) electrons. The number of hydrogen-bond acceptors (Lipinski definition) is 4. The van der Waals surface area contributed by atoms with E-state index < -0.39 is 0 Å². The number of nitriles is 1. The molecule has 1 aromatic heterocycles.